The largest absolute Gasteiger partial charge is 0.394 e. The maximum atomic E-state index is 13.1. The number of aliphatic hydroxyl groups excluding tert-OH is 6. The number of carbonyl (C=O) groups excluding carboxylic acids is 1. The summed E-state index contributed by atoms with van der Waals surface area (Å²) in [6, 6.07) is -0.975. The van der Waals surface area contributed by atoms with Gasteiger partial charge in [-0.1, -0.05) is 264 Å². The lowest BCUT2D eigenvalue weighted by atomic mass is 9.99. The molecule has 0 aromatic heterocycles. The van der Waals surface area contributed by atoms with Gasteiger partial charge in [-0.2, -0.15) is 0 Å². The maximum absolute atomic E-state index is 13.1. The number of aliphatic hydroxyl groups is 6. The van der Waals surface area contributed by atoms with Crippen LogP contribution in [0, 0.1) is 0 Å². The van der Waals surface area contributed by atoms with Crippen LogP contribution in [0.4, 0.5) is 0 Å². The van der Waals surface area contributed by atoms with E-state index in [1.807, 2.05) is 6.08 Å². The van der Waals surface area contributed by atoms with E-state index in [1.54, 1.807) is 6.08 Å². The number of allylic oxidation sites excluding steroid dienone is 1. The van der Waals surface area contributed by atoms with Gasteiger partial charge in [-0.25, -0.2) is 0 Å². The fourth-order valence-corrected chi connectivity index (χ4v) is 9.17. The maximum Gasteiger partial charge on any atom is 0.249 e. The van der Waals surface area contributed by atoms with Crippen molar-refractivity contribution in [1.82, 2.24) is 5.32 Å². The van der Waals surface area contributed by atoms with Crippen LogP contribution < -0.4 is 5.32 Å². The van der Waals surface area contributed by atoms with Crippen molar-refractivity contribution >= 4 is 5.91 Å². The van der Waals surface area contributed by atoms with Gasteiger partial charge in [-0.15, -0.1) is 0 Å². The van der Waals surface area contributed by atoms with Crippen molar-refractivity contribution in [2.24, 2.45) is 0 Å². The summed E-state index contributed by atoms with van der Waals surface area (Å²) < 4.78 is 11.2. The van der Waals surface area contributed by atoms with E-state index in [-0.39, 0.29) is 6.61 Å². The summed E-state index contributed by atoms with van der Waals surface area (Å²) >= 11 is 0. The monoisotopic (exact) mass is 926 g/mol. The minimum atomic E-state index is -1.61. The molecule has 0 bridgehead atoms. The molecule has 1 heterocycles. The second kappa shape index (κ2) is 45.3. The van der Waals surface area contributed by atoms with Gasteiger partial charge in [0.25, 0.3) is 0 Å². The van der Waals surface area contributed by atoms with Crippen molar-refractivity contribution < 1.29 is 44.9 Å². The van der Waals surface area contributed by atoms with E-state index in [9.17, 15) is 35.4 Å². The van der Waals surface area contributed by atoms with Crippen LogP contribution in [0.25, 0.3) is 0 Å². The molecular formula is C55H107NO9. The second-order valence-corrected chi connectivity index (χ2v) is 19.9. The summed E-state index contributed by atoms with van der Waals surface area (Å²) in [6.45, 7) is 3.64. The first-order valence-corrected chi connectivity index (χ1v) is 28.0. The molecule has 1 aliphatic heterocycles. The zero-order valence-corrected chi connectivity index (χ0v) is 42.4. The van der Waals surface area contributed by atoms with Crippen LogP contribution in [0.5, 0.6) is 0 Å². The zero-order chi connectivity index (χ0) is 47.4. The fraction of sp³-hybridized carbons (Fsp3) is 0.945. The van der Waals surface area contributed by atoms with Gasteiger partial charge in [0.1, 0.15) is 30.5 Å². The highest BCUT2D eigenvalue weighted by molar-refractivity contribution is 5.80. The molecule has 10 nitrogen and oxygen atoms in total. The Hall–Kier alpha value is -1.11. The average Bonchev–Trinajstić information content (AvgIpc) is 3.31. The standard InChI is InChI=1S/C55H107NO9/c1-3-5-7-9-11-13-15-17-19-20-21-22-23-24-25-26-27-28-29-30-32-34-36-38-40-42-44-49(59)54(63)56-47(46-64-55-53(62)52(61)51(60)50(45-57)65-55)48(58)43-41-39-37-35-33-31-18-16-14-12-10-8-6-4-2/h41,43,47-53,55,57-62H,3-40,42,44-46H2,1-2H3,(H,56,63)/b43-41+. The Morgan fingerprint density at radius 1 is 0.523 bits per heavy atom. The van der Waals surface area contributed by atoms with Crippen molar-refractivity contribution in [2.45, 2.75) is 320 Å². The number of unbranched alkanes of at least 4 members (excludes halogenated alkanes) is 37. The van der Waals surface area contributed by atoms with Gasteiger partial charge >= 0.3 is 0 Å². The normalized spacial score (nSPS) is 20.4. The van der Waals surface area contributed by atoms with E-state index in [2.05, 4.69) is 19.2 Å². The SMILES string of the molecule is CCCCCCCCCCCCCC/C=C/C(O)C(COC1OC(CO)C(O)C(O)C1O)NC(=O)C(O)CCCCCCCCCCCCCCCCCCCCCCCCCCCC. The predicted octanol–water partition coefficient (Wildman–Crippen LogP) is 12.2. The van der Waals surface area contributed by atoms with Gasteiger partial charge in [0.05, 0.1) is 25.4 Å². The predicted molar refractivity (Wildman–Crippen MR) is 269 cm³/mol. The first-order chi connectivity index (χ1) is 31.8. The summed E-state index contributed by atoms with van der Waals surface area (Å²) in [5, 5.41) is 64.9. The smallest absolute Gasteiger partial charge is 0.249 e. The van der Waals surface area contributed by atoms with Crippen LogP contribution in [0.1, 0.15) is 271 Å². The average molecular weight is 926 g/mol. The Morgan fingerprint density at radius 3 is 1.25 bits per heavy atom. The van der Waals surface area contributed by atoms with Gasteiger partial charge in [0, 0.05) is 0 Å². The third kappa shape index (κ3) is 34.8. The van der Waals surface area contributed by atoms with Crippen LogP contribution in [0.15, 0.2) is 12.2 Å². The number of nitrogens with one attached hydrogen (secondary N) is 1. The van der Waals surface area contributed by atoms with Crippen LogP contribution in [-0.2, 0) is 14.3 Å². The fourth-order valence-electron chi connectivity index (χ4n) is 9.17. The minimum absolute atomic E-state index is 0.301. The van der Waals surface area contributed by atoms with E-state index in [4.69, 9.17) is 9.47 Å². The van der Waals surface area contributed by atoms with Crippen LogP contribution in [0.3, 0.4) is 0 Å². The molecule has 65 heavy (non-hydrogen) atoms. The van der Waals surface area contributed by atoms with Crippen molar-refractivity contribution in [3.8, 4) is 0 Å². The Labute approximate surface area is 399 Å². The molecule has 10 heteroatoms. The molecule has 0 radical (unpaired) electrons. The van der Waals surface area contributed by atoms with Crippen molar-refractivity contribution in [2.75, 3.05) is 13.2 Å². The van der Waals surface area contributed by atoms with Crippen LogP contribution in [0.2, 0.25) is 0 Å². The highest BCUT2D eigenvalue weighted by atomic mass is 16.7. The molecule has 0 aromatic rings. The number of carbonyl (C=O) groups is 1. The van der Waals surface area contributed by atoms with Crippen molar-refractivity contribution in [3.63, 3.8) is 0 Å². The molecule has 1 aliphatic rings. The number of ether oxygens (including phenoxy) is 2. The molecule has 386 valence electrons. The highest BCUT2D eigenvalue weighted by Crippen LogP contribution is 2.23. The molecule has 0 saturated carbocycles. The van der Waals surface area contributed by atoms with Gasteiger partial charge in [0.15, 0.2) is 6.29 Å². The van der Waals surface area contributed by atoms with E-state index in [0.717, 1.165) is 44.9 Å². The number of amides is 1. The molecule has 8 unspecified atom stereocenters. The summed E-state index contributed by atoms with van der Waals surface area (Å²) in [5.41, 5.74) is 0. The molecule has 7 N–H and O–H groups in total. The lowest BCUT2D eigenvalue weighted by Crippen LogP contribution is -2.60. The number of hydrogen-bond donors (Lipinski definition) is 7. The lowest BCUT2D eigenvalue weighted by Gasteiger charge is -2.40. The topological polar surface area (TPSA) is 169 Å². The van der Waals surface area contributed by atoms with Crippen molar-refractivity contribution in [1.29, 1.82) is 0 Å². The van der Waals surface area contributed by atoms with Crippen LogP contribution >= 0.6 is 0 Å². The molecule has 0 aliphatic carbocycles. The third-order valence-corrected chi connectivity index (χ3v) is 13.7. The van der Waals surface area contributed by atoms with Crippen molar-refractivity contribution in [3.05, 3.63) is 12.2 Å². The Morgan fingerprint density at radius 2 is 0.877 bits per heavy atom. The molecule has 0 spiro atoms. The zero-order valence-electron chi connectivity index (χ0n) is 42.4. The van der Waals surface area contributed by atoms with E-state index in [1.165, 1.54) is 205 Å². The Bertz CT molecular complexity index is 1050. The van der Waals surface area contributed by atoms with Gasteiger partial charge in [-0.3, -0.25) is 4.79 Å². The third-order valence-electron chi connectivity index (χ3n) is 13.7. The molecule has 8 atom stereocenters. The quantitative estimate of drug-likeness (QED) is 0.0232. The summed E-state index contributed by atoms with van der Waals surface area (Å²) in [4.78, 5) is 13.1. The van der Waals surface area contributed by atoms with Gasteiger partial charge < -0.3 is 45.4 Å². The highest BCUT2D eigenvalue weighted by Gasteiger charge is 2.44. The second-order valence-electron chi connectivity index (χ2n) is 19.9. The minimum Gasteiger partial charge on any atom is -0.394 e. The van der Waals surface area contributed by atoms with E-state index < -0.39 is 61.5 Å². The molecule has 1 fully saturated rings. The summed E-state index contributed by atoms with van der Waals surface area (Å²) in [6.07, 6.45) is 44.6. The number of hydrogen-bond acceptors (Lipinski definition) is 9. The molecule has 1 saturated heterocycles. The Kier molecular flexibility index (Phi) is 43.2. The summed E-state index contributed by atoms with van der Waals surface area (Å²) in [7, 11) is 0. The molecule has 1 amide bonds. The summed E-state index contributed by atoms with van der Waals surface area (Å²) in [5.74, 6) is -0.611. The molecule has 1 rings (SSSR count). The van der Waals surface area contributed by atoms with Crippen LogP contribution in [-0.4, -0.2) is 98.7 Å². The lowest BCUT2D eigenvalue weighted by molar-refractivity contribution is -0.302. The Balaban J connectivity index is 2.22. The first-order valence-electron chi connectivity index (χ1n) is 28.0. The van der Waals surface area contributed by atoms with E-state index in [0.29, 0.717) is 6.42 Å². The number of rotatable bonds is 48. The first kappa shape index (κ1) is 61.9. The molecular weight excluding hydrogens is 819 g/mol. The van der Waals surface area contributed by atoms with Gasteiger partial charge in [0.2, 0.25) is 5.91 Å². The molecule has 0 aromatic carbocycles. The van der Waals surface area contributed by atoms with Gasteiger partial charge in [-0.05, 0) is 19.3 Å². The van der Waals surface area contributed by atoms with E-state index >= 15 is 0 Å².